The molecular weight excluding hydrogens is 392 g/mol. The number of carbonyl (C=O) groups is 1. The minimum atomic E-state index is -3.86. The van der Waals surface area contributed by atoms with Crippen LogP contribution < -0.4 is 10.0 Å². The van der Waals surface area contributed by atoms with Gasteiger partial charge in [-0.1, -0.05) is 0 Å². The number of carbonyl (C=O) groups excluding carboxylic acids is 1. The van der Waals surface area contributed by atoms with Crippen molar-refractivity contribution in [1.29, 1.82) is 0 Å². The van der Waals surface area contributed by atoms with Crippen LogP contribution in [0.2, 0.25) is 0 Å². The van der Waals surface area contributed by atoms with Crippen LogP contribution in [0.1, 0.15) is 18.5 Å². The second-order valence-electron chi connectivity index (χ2n) is 5.93. The van der Waals surface area contributed by atoms with Crippen LogP contribution in [0.3, 0.4) is 0 Å². The molecule has 0 unspecified atom stereocenters. The number of nitrogens with zero attached hydrogens (tertiary/aromatic N) is 2. The average Bonchev–Trinajstić information content (AvgIpc) is 2.53. The largest absolute Gasteiger partial charge is 0.326 e. The average molecular weight is 412 g/mol. The van der Waals surface area contributed by atoms with Gasteiger partial charge in [-0.2, -0.15) is 0 Å². The predicted octanol–water partition coefficient (Wildman–Crippen LogP) is 1.35. The van der Waals surface area contributed by atoms with Crippen LogP contribution >= 0.6 is 0 Å². The molecule has 11 heteroatoms. The number of anilines is 2. The molecule has 0 fully saturated rings. The van der Waals surface area contributed by atoms with Gasteiger partial charge in [0.05, 0.1) is 10.6 Å². The van der Waals surface area contributed by atoms with Gasteiger partial charge in [-0.25, -0.2) is 31.5 Å². The molecule has 0 atom stereocenters. The van der Waals surface area contributed by atoms with Gasteiger partial charge in [0.2, 0.25) is 11.9 Å². The van der Waals surface area contributed by atoms with Crippen LogP contribution in [-0.2, 0) is 24.7 Å². The fourth-order valence-electron chi connectivity index (χ4n) is 2.11. The van der Waals surface area contributed by atoms with Crippen molar-refractivity contribution < 1.29 is 21.6 Å². The molecule has 27 heavy (non-hydrogen) atoms. The Hall–Kier alpha value is -2.53. The van der Waals surface area contributed by atoms with Crippen molar-refractivity contribution in [2.45, 2.75) is 24.7 Å². The van der Waals surface area contributed by atoms with Crippen molar-refractivity contribution in [2.24, 2.45) is 0 Å². The van der Waals surface area contributed by atoms with Gasteiger partial charge in [-0.05, 0) is 43.7 Å². The summed E-state index contributed by atoms with van der Waals surface area (Å²) in [6.45, 7) is 1.72. The lowest BCUT2D eigenvalue weighted by Crippen LogP contribution is -2.16. The van der Waals surface area contributed by atoms with Crippen molar-refractivity contribution >= 4 is 37.4 Å². The Bertz CT molecular complexity index is 1020. The summed E-state index contributed by atoms with van der Waals surface area (Å²) in [6, 6.07) is 7.21. The summed E-state index contributed by atoms with van der Waals surface area (Å²) in [7, 11) is -6.97. The van der Waals surface area contributed by atoms with Crippen molar-refractivity contribution in [1.82, 2.24) is 9.97 Å². The highest BCUT2D eigenvalue weighted by Crippen LogP contribution is 2.17. The van der Waals surface area contributed by atoms with E-state index in [9.17, 15) is 21.6 Å². The highest BCUT2D eigenvalue weighted by atomic mass is 32.2. The molecule has 146 valence electrons. The predicted molar refractivity (Wildman–Crippen MR) is 102 cm³/mol. The minimum absolute atomic E-state index is 0.0114. The molecule has 1 aromatic carbocycles. The molecule has 1 heterocycles. The summed E-state index contributed by atoms with van der Waals surface area (Å²) < 4.78 is 49.1. The van der Waals surface area contributed by atoms with Crippen molar-refractivity contribution in [3.8, 4) is 0 Å². The first kappa shape index (κ1) is 20.8. The number of aryl methyl sites for hydroxylation is 1. The van der Waals surface area contributed by atoms with E-state index in [0.717, 1.165) is 6.26 Å². The lowest BCUT2D eigenvalue weighted by molar-refractivity contribution is -0.116. The first-order valence-electron chi connectivity index (χ1n) is 7.95. The highest BCUT2D eigenvalue weighted by molar-refractivity contribution is 7.92. The zero-order chi connectivity index (χ0) is 20.1. The third kappa shape index (κ3) is 6.94. The molecular formula is C16H20N4O5S2. The third-order valence-corrected chi connectivity index (χ3v) is 5.76. The molecule has 1 aromatic heterocycles. The fourth-order valence-corrected chi connectivity index (χ4v) is 3.73. The maximum absolute atomic E-state index is 12.3. The molecule has 2 rings (SSSR count). The number of sulfone groups is 1. The molecule has 0 aliphatic heterocycles. The first-order chi connectivity index (χ1) is 12.5. The van der Waals surface area contributed by atoms with Crippen LogP contribution in [0.4, 0.5) is 11.6 Å². The quantitative estimate of drug-likeness (QED) is 0.668. The smallest absolute Gasteiger partial charge is 0.264 e. The van der Waals surface area contributed by atoms with E-state index in [1.807, 2.05) is 0 Å². The highest BCUT2D eigenvalue weighted by Gasteiger charge is 2.16. The van der Waals surface area contributed by atoms with E-state index in [1.54, 1.807) is 13.0 Å². The van der Waals surface area contributed by atoms with Crippen molar-refractivity contribution in [2.75, 3.05) is 22.0 Å². The number of amides is 1. The number of aromatic nitrogens is 2. The summed E-state index contributed by atoms with van der Waals surface area (Å²) >= 11 is 0. The Kier molecular flexibility index (Phi) is 6.50. The van der Waals surface area contributed by atoms with Crippen molar-refractivity contribution in [3.63, 3.8) is 0 Å². The van der Waals surface area contributed by atoms with Crippen LogP contribution in [0.5, 0.6) is 0 Å². The standard InChI is InChI=1S/C16H20N4O5S2/c1-12-9-10-17-16(18-12)20-27(24,25)14-7-5-13(6-8-14)19-15(21)4-3-11-26(2,22)23/h5-10H,3-4,11H2,1-2H3,(H,19,21)(H,17,18,20). The Balaban J connectivity index is 1.98. The molecule has 2 N–H and O–H groups in total. The molecule has 0 aliphatic carbocycles. The minimum Gasteiger partial charge on any atom is -0.326 e. The number of sulfonamides is 1. The lowest BCUT2D eigenvalue weighted by Gasteiger charge is -2.09. The van der Waals surface area contributed by atoms with Gasteiger partial charge in [-0.3, -0.25) is 4.79 Å². The van der Waals surface area contributed by atoms with E-state index in [1.165, 1.54) is 30.5 Å². The van der Waals surface area contributed by atoms with E-state index in [-0.39, 0.29) is 35.3 Å². The van der Waals surface area contributed by atoms with Crippen LogP contribution in [0, 0.1) is 6.92 Å². The molecule has 0 saturated heterocycles. The molecule has 9 nitrogen and oxygen atoms in total. The molecule has 2 aromatic rings. The number of hydrogen-bond acceptors (Lipinski definition) is 7. The number of rotatable bonds is 8. The summed E-state index contributed by atoms with van der Waals surface area (Å²) in [5, 5.41) is 2.59. The normalized spacial score (nSPS) is 11.8. The summed E-state index contributed by atoms with van der Waals surface area (Å²) in [6.07, 6.45) is 2.83. The van der Waals surface area contributed by atoms with Crippen molar-refractivity contribution in [3.05, 3.63) is 42.2 Å². The Morgan fingerprint density at radius 3 is 2.33 bits per heavy atom. The summed E-state index contributed by atoms with van der Waals surface area (Å²) in [4.78, 5) is 19.6. The first-order valence-corrected chi connectivity index (χ1v) is 11.5. The molecule has 0 bridgehead atoms. The van der Waals surface area contributed by atoms with Gasteiger partial charge in [-0.15, -0.1) is 0 Å². The molecule has 0 spiro atoms. The van der Waals surface area contributed by atoms with Crippen LogP contribution in [0.15, 0.2) is 41.4 Å². The van der Waals surface area contributed by atoms with E-state index < -0.39 is 19.9 Å². The van der Waals surface area contributed by atoms with E-state index in [2.05, 4.69) is 20.0 Å². The zero-order valence-electron chi connectivity index (χ0n) is 14.8. The summed E-state index contributed by atoms with van der Waals surface area (Å²) in [5.74, 6) is -0.441. The Morgan fingerprint density at radius 2 is 1.74 bits per heavy atom. The van der Waals surface area contributed by atoms with Gasteiger partial charge in [0, 0.05) is 30.3 Å². The van der Waals surface area contributed by atoms with Gasteiger partial charge >= 0.3 is 0 Å². The zero-order valence-corrected chi connectivity index (χ0v) is 16.5. The van der Waals surface area contributed by atoms with Gasteiger partial charge in [0.15, 0.2) is 0 Å². The monoisotopic (exact) mass is 412 g/mol. The van der Waals surface area contributed by atoms with E-state index in [4.69, 9.17) is 0 Å². The Morgan fingerprint density at radius 1 is 1.07 bits per heavy atom. The van der Waals surface area contributed by atoms with Gasteiger partial charge < -0.3 is 5.32 Å². The van der Waals surface area contributed by atoms with E-state index in [0.29, 0.717) is 11.4 Å². The maximum atomic E-state index is 12.3. The second kappa shape index (κ2) is 8.44. The Labute approximate surface area is 158 Å². The third-order valence-electron chi connectivity index (χ3n) is 3.39. The van der Waals surface area contributed by atoms with E-state index >= 15 is 0 Å². The fraction of sp³-hybridized carbons (Fsp3) is 0.312. The number of nitrogens with one attached hydrogen (secondary N) is 2. The van der Waals surface area contributed by atoms with Crippen LogP contribution in [0.25, 0.3) is 0 Å². The van der Waals surface area contributed by atoms with Crippen LogP contribution in [-0.4, -0.2) is 44.7 Å². The second-order valence-corrected chi connectivity index (χ2v) is 9.88. The molecule has 1 amide bonds. The maximum Gasteiger partial charge on any atom is 0.264 e. The molecule has 0 aliphatic rings. The molecule has 0 radical (unpaired) electrons. The van der Waals surface area contributed by atoms with Gasteiger partial charge in [0.1, 0.15) is 9.84 Å². The number of hydrogen-bond donors (Lipinski definition) is 2. The topological polar surface area (TPSA) is 135 Å². The summed E-state index contributed by atoms with van der Waals surface area (Å²) in [5.41, 5.74) is 1.03. The van der Waals surface area contributed by atoms with Gasteiger partial charge in [0.25, 0.3) is 10.0 Å². The lowest BCUT2D eigenvalue weighted by atomic mass is 10.3. The number of benzene rings is 1. The molecule has 0 saturated carbocycles. The SMILES string of the molecule is Cc1ccnc(NS(=O)(=O)c2ccc(NC(=O)CCCS(C)(=O)=O)cc2)n1.